The monoisotopic (exact) mass is 747 g/mol. The molecule has 290 valence electrons. The second kappa shape index (κ2) is 16.6. The van der Waals surface area contributed by atoms with Crippen LogP contribution in [0.25, 0.3) is 0 Å². The van der Waals surface area contributed by atoms with Gasteiger partial charge in [-0.25, -0.2) is 14.4 Å². The fourth-order valence-electron chi connectivity index (χ4n) is 7.07. The van der Waals surface area contributed by atoms with Gasteiger partial charge in [0.25, 0.3) is 5.91 Å². The van der Waals surface area contributed by atoms with E-state index in [-0.39, 0.29) is 41.3 Å². The largest absolute Gasteiger partial charge is 0.484 e. The Bertz CT molecular complexity index is 1840. The maximum Gasteiger partial charge on any atom is 0.415 e. The number of carbonyl (C=O) groups is 4. The highest BCUT2D eigenvalue weighted by Crippen LogP contribution is 2.48. The molecule has 0 unspecified atom stereocenters. The summed E-state index contributed by atoms with van der Waals surface area (Å²) < 4.78 is 28.8. The number of aromatic carboxylic acids is 1. The van der Waals surface area contributed by atoms with Gasteiger partial charge in [0.15, 0.2) is 0 Å². The van der Waals surface area contributed by atoms with E-state index in [1.54, 1.807) is 0 Å². The summed E-state index contributed by atoms with van der Waals surface area (Å²) in [5.74, 6) is -1.41. The molecule has 6 rings (SSSR count). The van der Waals surface area contributed by atoms with Gasteiger partial charge in [0.05, 0.1) is 55.9 Å². The van der Waals surface area contributed by atoms with Gasteiger partial charge in [-0.15, -0.1) is 0 Å². The zero-order valence-electron chi connectivity index (χ0n) is 31.4. The van der Waals surface area contributed by atoms with Crippen LogP contribution in [0.3, 0.4) is 0 Å². The average Bonchev–Trinajstić information content (AvgIpc) is 3.48. The summed E-state index contributed by atoms with van der Waals surface area (Å²) in [7, 11) is 0. The third kappa shape index (κ3) is 8.56. The number of nitrogens with zero attached hydrogens (tertiary/aromatic N) is 3. The van der Waals surface area contributed by atoms with Crippen molar-refractivity contribution in [2.45, 2.75) is 78.0 Å². The van der Waals surface area contributed by atoms with Gasteiger partial charge in [-0.2, -0.15) is 0 Å². The SMILES string of the molecule is CC(C)=CCC/C(C)=C/CC[C@@]1(C)Oc2c(c(OC(=O)N3CCOCC3)cc3c2CN(c2ccc(OC(=O)N4CCOCC4)cc2C(=O)O)C3=O)C[C@@H]1O. The van der Waals surface area contributed by atoms with Gasteiger partial charge < -0.3 is 48.6 Å². The predicted molar refractivity (Wildman–Crippen MR) is 198 cm³/mol. The smallest absolute Gasteiger partial charge is 0.415 e. The molecule has 0 radical (unpaired) electrons. The molecule has 2 saturated heterocycles. The summed E-state index contributed by atoms with van der Waals surface area (Å²) in [6.07, 6.45) is 5.25. The van der Waals surface area contributed by atoms with Crippen LogP contribution >= 0.6 is 0 Å². The summed E-state index contributed by atoms with van der Waals surface area (Å²) in [6, 6.07) is 5.57. The zero-order chi connectivity index (χ0) is 38.6. The van der Waals surface area contributed by atoms with E-state index in [0.29, 0.717) is 82.3 Å². The van der Waals surface area contributed by atoms with Gasteiger partial charge in [0, 0.05) is 43.7 Å². The van der Waals surface area contributed by atoms with Crippen molar-refractivity contribution in [1.82, 2.24) is 9.80 Å². The fraction of sp³-hybridized carbons (Fsp3) is 0.500. The maximum absolute atomic E-state index is 14.2. The highest BCUT2D eigenvalue weighted by molar-refractivity contribution is 6.13. The van der Waals surface area contributed by atoms with E-state index in [1.807, 2.05) is 6.92 Å². The molecule has 4 aliphatic rings. The van der Waals surface area contributed by atoms with Gasteiger partial charge in [0.1, 0.15) is 22.8 Å². The minimum absolute atomic E-state index is 0.0146. The van der Waals surface area contributed by atoms with E-state index in [4.69, 9.17) is 23.7 Å². The number of ether oxygens (including phenoxy) is 5. The van der Waals surface area contributed by atoms with E-state index in [9.17, 15) is 29.4 Å². The van der Waals surface area contributed by atoms with E-state index in [0.717, 1.165) is 12.8 Å². The lowest BCUT2D eigenvalue weighted by molar-refractivity contribution is -0.0597. The van der Waals surface area contributed by atoms with Crippen molar-refractivity contribution in [3.63, 3.8) is 0 Å². The van der Waals surface area contributed by atoms with Crippen molar-refractivity contribution in [1.29, 1.82) is 0 Å². The molecule has 14 nitrogen and oxygen atoms in total. The number of carboxylic acids is 1. The van der Waals surface area contributed by atoms with Crippen molar-refractivity contribution in [3.8, 4) is 17.2 Å². The number of fused-ring (bicyclic) bond motifs is 3. The molecule has 0 aromatic heterocycles. The molecule has 0 saturated carbocycles. The molecule has 4 heterocycles. The number of benzene rings is 2. The number of carboxylic acid groups (broad SMARTS) is 1. The number of morpholine rings is 2. The second-order valence-electron chi connectivity index (χ2n) is 14.6. The number of aliphatic hydroxyl groups is 1. The molecule has 2 fully saturated rings. The van der Waals surface area contributed by atoms with Gasteiger partial charge in [-0.3, -0.25) is 4.79 Å². The number of rotatable bonds is 10. The maximum atomic E-state index is 14.2. The minimum atomic E-state index is -1.32. The van der Waals surface area contributed by atoms with Crippen LogP contribution < -0.4 is 19.1 Å². The molecule has 14 heteroatoms. The molecule has 2 aromatic rings. The minimum Gasteiger partial charge on any atom is -0.484 e. The molecule has 0 bridgehead atoms. The van der Waals surface area contributed by atoms with Gasteiger partial charge in [0.2, 0.25) is 0 Å². The molecule has 3 amide bonds. The third-order valence-corrected chi connectivity index (χ3v) is 10.3. The van der Waals surface area contributed by atoms with Gasteiger partial charge in [-0.1, -0.05) is 23.3 Å². The molecule has 54 heavy (non-hydrogen) atoms. The first kappa shape index (κ1) is 38.8. The Morgan fingerprint density at radius 2 is 1.56 bits per heavy atom. The van der Waals surface area contributed by atoms with Crippen LogP contribution in [0.4, 0.5) is 15.3 Å². The first-order valence-corrected chi connectivity index (χ1v) is 18.5. The number of allylic oxidation sites excluding steroid dienone is 4. The molecule has 2 aromatic carbocycles. The third-order valence-electron chi connectivity index (χ3n) is 10.3. The molecule has 2 atom stereocenters. The Balaban J connectivity index is 1.30. The van der Waals surface area contributed by atoms with Crippen molar-refractivity contribution in [3.05, 3.63) is 69.8 Å². The summed E-state index contributed by atoms with van der Waals surface area (Å²) in [5.41, 5.74) is 2.43. The van der Waals surface area contributed by atoms with Crippen LogP contribution in [0.5, 0.6) is 17.2 Å². The van der Waals surface area contributed by atoms with Crippen LogP contribution in [0, 0.1) is 0 Å². The van der Waals surface area contributed by atoms with Gasteiger partial charge >= 0.3 is 18.2 Å². The van der Waals surface area contributed by atoms with Crippen LogP contribution in [0.2, 0.25) is 0 Å². The van der Waals surface area contributed by atoms with Crippen LogP contribution in [0.1, 0.15) is 85.2 Å². The van der Waals surface area contributed by atoms with Gasteiger partial charge in [-0.05, 0) is 77.6 Å². The highest BCUT2D eigenvalue weighted by Gasteiger charge is 2.45. The zero-order valence-corrected chi connectivity index (χ0v) is 31.4. The van der Waals surface area contributed by atoms with Crippen molar-refractivity contribution in [2.75, 3.05) is 57.5 Å². The van der Waals surface area contributed by atoms with Crippen molar-refractivity contribution < 1.29 is 53.1 Å². The molecular formula is C40H49N3O11. The lowest BCUT2D eigenvalue weighted by atomic mass is 9.84. The van der Waals surface area contributed by atoms with Crippen molar-refractivity contribution in [2.24, 2.45) is 0 Å². The number of hydrogen-bond acceptors (Lipinski definition) is 10. The summed E-state index contributed by atoms with van der Waals surface area (Å²) >= 11 is 0. The van der Waals surface area contributed by atoms with E-state index >= 15 is 0 Å². The Morgan fingerprint density at radius 1 is 0.907 bits per heavy atom. The molecule has 0 aliphatic carbocycles. The Labute approximate surface area is 314 Å². The Hall–Kier alpha value is -4.92. The normalized spacial score (nSPS) is 21.2. The van der Waals surface area contributed by atoms with E-state index in [2.05, 4.69) is 32.9 Å². The first-order valence-electron chi connectivity index (χ1n) is 18.5. The van der Waals surface area contributed by atoms with Crippen LogP contribution in [-0.4, -0.2) is 108 Å². The van der Waals surface area contributed by atoms with E-state index < -0.39 is 35.8 Å². The summed E-state index contributed by atoms with van der Waals surface area (Å²) in [6.45, 7) is 10.9. The summed E-state index contributed by atoms with van der Waals surface area (Å²) in [4.78, 5) is 57.1. The number of amides is 3. The van der Waals surface area contributed by atoms with E-state index in [1.165, 1.54) is 50.1 Å². The lowest BCUT2D eigenvalue weighted by Gasteiger charge is -2.41. The standard InChI is InChI=1S/C40H49N3O11/c1-25(2)7-5-8-26(3)9-6-12-40(4)34(44)23-30-33(53-39(49)42-15-19-51-20-16-42)22-28-31(35(30)54-40)24-43(36(28)45)32-11-10-27(21-29(32)37(46)47)52-38(48)41-13-17-50-18-14-41/h7,9-11,21-22,34,44H,5-6,8,12-20,23-24H2,1-4H3,(H,46,47)/b26-9+/t34-,40+/m0/s1. The second-order valence-corrected chi connectivity index (χ2v) is 14.6. The number of carbonyl (C=O) groups excluding carboxylic acids is 3. The predicted octanol–water partition coefficient (Wildman–Crippen LogP) is 5.73. The molecule has 0 spiro atoms. The lowest BCUT2D eigenvalue weighted by Crippen LogP contribution is -2.49. The van der Waals surface area contributed by atoms with Crippen molar-refractivity contribution >= 4 is 29.8 Å². The molecule has 2 N–H and O–H groups in total. The fourth-order valence-corrected chi connectivity index (χ4v) is 7.07. The van der Waals surface area contributed by atoms with Crippen LogP contribution in [0.15, 0.2) is 47.6 Å². The molecular weight excluding hydrogens is 698 g/mol. The first-order chi connectivity index (χ1) is 25.8. The molecule has 4 aliphatic heterocycles. The number of hydrogen-bond donors (Lipinski definition) is 2. The summed E-state index contributed by atoms with van der Waals surface area (Å²) in [5, 5.41) is 21.8. The Kier molecular flexibility index (Phi) is 11.9. The quantitative estimate of drug-likeness (QED) is 0.285. The Morgan fingerprint density at radius 3 is 2.19 bits per heavy atom. The number of aliphatic hydroxyl groups excluding tert-OH is 1. The topological polar surface area (TPSA) is 165 Å². The average molecular weight is 748 g/mol. The van der Waals surface area contributed by atoms with Crippen LogP contribution in [-0.2, 0) is 22.4 Å². The highest BCUT2D eigenvalue weighted by atomic mass is 16.6. The number of anilines is 1.